The lowest BCUT2D eigenvalue weighted by atomic mass is 10.1. The smallest absolute Gasteiger partial charge is 0.253 e. The van der Waals surface area contributed by atoms with Gasteiger partial charge in [-0.1, -0.05) is 30.3 Å². The molecule has 2 aromatic carbocycles. The summed E-state index contributed by atoms with van der Waals surface area (Å²) in [5, 5.41) is 4.01. The highest BCUT2D eigenvalue weighted by molar-refractivity contribution is 6.08. The van der Waals surface area contributed by atoms with Gasteiger partial charge >= 0.3 is 0 Å². The molecule has 0 atom stereocenters. The van der Waals surface area contributed by atoms with E-state index in [4.69, 9.17) is 0 Å². The number of carbonyl (C=O) groups is 1. The van der Waals surface area contributed by atoms with Gasteiger partial charge in [0.15, 0.2) is 0 Å². The molecule has 2 aromatic heterocycles. The van der Waals surface area contributed by atoms with Crippen molar-refractivity contribution in [3.05, 3.63) is 66.1 Å². The van der Waals surface area contributed by atoms with Crippen molar-refractivity contribution < 1.29 is 4.79 Å². The minimum Gasteiger partial charge on any atom is -0.358 e. The van der Waals surface area contributed by atoms with Crippen molar-refractivity contribution in [2.75, 3.05) is 6.54 Å². The molecule has 0 spiro atoms. The number of aromatic amines is 1. The first-order chi connectivity index (χ1) is 12.2. The predicted octanol–water partition coefficient (Wildman–Crippen LogP) is 3.65. The van der Waals surface area contributed by atoms with E-state index in [1.807, 2.05) is 55.7 Å². The van der Waals surface area contributed by atoms with E-state index in [1.54, 1.807) is 0 Å². The highest BCUT2D eigenvalue weighted by Crippen LogP contribution is 2.21. The number of imidazole rings is 1. The Kier molecular flexibility index (Phi) is 3.98. The number of carbonyl (C=O) groups excluding carboxylic acids is 1. The molecule has 4 aromatic rings. The summed E-state index contributed by atoms with van der Waals surface area (Å²) in [4.78, 5) is 20.2. The molecule has 0 saturated heterocycles. The number of rotatable bonds is 5. The van der Waals surface area contributed by atoms with Gasteiger partial charge in [-0.05, 0) is 31.5 Å². The average molecular weight is 332 g/mol. The van der Waals surface area contributed by atoms with Crippen molar-refractivity contribution in [3.8, 4) is 0 Å². The van der Waals surface area contributed by atoms with Gasteiger partial charge in [-0.2, -0.15) is 0 Å². The van der Waals surface area contributed by atoms with Crippen LogP contribution in [0.5, 0.6) is 0 Å². The fourth-order valence-corrected chi connectivity index (χ4v) is 3.30. The second kappa shape index (κ2) is 6.43. The Bertz CT molecular complexity index is 1040. The van der Waals surface area contributed by atoms with Crippen LogP contribution < -0.4 is 5.32 Å². The fraction of sp³-hybridized carbons (Fsp3) is 0.200. The number of para-hydroxylation sites is 3. The van der Waals surface area contributed by atoms with Gasteiger partial charge in [-0.3, -0.25) is 4.79 Å². The third-order valence-electron chi connectivity index (χ3n) is 4.51. The van der Waals surface area contributed by atoms with Crippen molar-refractivity contribution in [1.29, 1.82) is 0 Å². The summed E-state index contributed by atoms with van der Waals surface area (Å²) < 4.78 is 2.12. The molecule has 25 heavy (non-hydrogen) atoms. The number of aryl methyl sites for hydroxylation is 2. The molecule has 4 rings (SSSR count). The van der Waals surface area contributed by atoms with Crippen LogP contribution in [0.2, 0.25) is 0 Å². The minimum absolute atomic E-state index is 0.0227. The first-order valence-electron chi connectivity index (χ1n) is 8.49. The Hall–Kier alpha value is -3.08. The number of nitrogens with zero attached hydrogens (tertiary/aromatic N) is 2. The third-order valence-corrected chi connectivity index (χ3v) is 4.51. The van der Waals surface area contributed by atoms with E-state index in [1.165, 1.54) is 0 Å². The van der Waals surface area contributed by atoms with Crippen LogP contribution in [0.3, 0.4) is 0 Å². The van der Waals surface area contributed by atoms with E-state index < -0.39 is 0 Å². The van der Waals surface area contributed by atoms with Crippen LogP contribution in [-0.4, -0.2) is 27.0 Å². The van der Waals surface area contributed by atoms with E-state index in [2.05, 4.69) is 25.9 Å². The van der Waals surface area contributed by atoms with Crippen LogP contribution in [0.1, 0.15) is 22.5 Å². The summed E-state index contributed by atoms with van der Waals surface area (Å²) >= 11 is 0. The zero-order valence-electron chi connectivity index (χ0n) is 14.1. The first-order valence-corrected chi connectivity index (χ1v) is 8.49. The Balaban J connectivity index is 1.40. The summed E-state index contributed by atoms with van der Waals surface area (Å²) in [5.41, 5.74) is 4.76. The summed E-state index contributed by atoms with van der Waals surface area (Å²) in [6.07, 6.45) is 2.71. The van der Waals surface area contributed by atoms with Gasteiger partial charge in [0.2, 0.25) is 0 Å². The zero-order chi connectivity index (χ0) is 17.2. The van der Waals surface area contributed by atoms with E-state index in [0.29, 0.717) is 6.54 Å². The molecular formula is C20H20N4O. The number of hydrogen-bond acceptors (Lipinski definition) is 2. The van der Waals surface area contributed by atoms with Gasteiger partial charge in [-0.15, -0.1) is 0 Å². The van der Waals surface area contributed by atoms with Crippen molar-refractivity contribution in [2.24, 2.45) is 0 Å². The van der Waals surface area contributed by atoms with Crippen molar-refractivity contribution in [1.82, 2.24) is 19.9 Å². The van der Waals surface area contributed by atoms with Crippen LogP contribution in [-0.2, 0) is 6.54 Å². The van der Waals surface area contributed by atoms with Crippen LogP contribution in [0.25, 0.3) is 21.9 Å². The molecule has 5 nitrogen and oxygen atoms in total. The SMILES string of the molecule is Cc1[nH]c2ccccc2c1C(=O)NCCCn1cnc2ccccc21. The lowest BCUT2D eigenvalue weighted by molar-refractivity contribution is 0.0954. The van der Waals surface area contributed by atoms with Crippen LogP contribution >= 0.6 is 0 Å². The maximum Gasteiger partial charge on any atom is 0.253 e. The van der Waals surface area contributed by atoms with E-state index >= 15 is 0 Å². The molecule has 1 amide bonds. The number of fused-ring (bicyclic) bond motifs is 2. The number of H-pyrrole nitrogens is 1. The highest BCUT2D eigenvalue weighted by atomic mass is 16.1. The first kappa shape index (κ1) is 15.4. The molecule has 0 aliphatic heterocycles. The number of aromatic nitrogens is 3. The molecule has 5 heteroatoms. The summed E-state index contributed by atoms with van der Waals surface area (Å²) in [6.45, 7) is 3.39. The predicted molar refractivity (Wildman–Crippen MR) is 99.7 cm³/mol. The molecule has 0 fully saturated rings. The largest absolute Gasteiger partial charge is 0.358 e. The number of hydrogen-bond donors (Lipinski definition) is 2. The molecule has 0 saturated carbocycles. The maximum absolute atomic E-state index is 12.6. The minimum atomic E-state index is -0.0227. The van der Waals surface area contributed by atoms with E-state index in [-0.39, 0.29) is 5.91 Å². The molecular weight excluding hydrogens is 312 g/mol. The average Bonchev–Trinajstić information content (AvgIpc) is 3.18. The van der Waals surface area contributed by atoms with Crippen LogP contribution in [0.15, 0.2) is 54.9 Å². The topological polar surface area (TPSA) is 62.7 Å². The number of amides is 1. The van der Waals surface area contributed by atoms with Gasteiger partial charge in [0.25, 0.3) is 5.91 Å². The third kappa shape index (κ3) is 2.89. The van der Waals surface area contributed by atoms with Crippen molar-refractivity contribution >= 4 is 27.8 Å². The summed E-state index contributed by atoms with van der Waals surface area (Å²) in [7, 11) is 0. The van der Waals surface area contributed by atoms with Gasteiger partial charge < -0.3 is 14.9 Å². The molecule has 126 valence electrons. The highest BCUT2D eigenvalue weighted by Gasteiger charge is 2.15. The van der Waals surface area contributed by atoms with Gasteiger partial charge in [-0.25, -0.2) is 4.98 Å². The monoisotopic (exact) mass is 332 g/mol. The second-order valence-electron chi connectivity index (χ2n) is 6.21. The second-order valence-corrected chi connectivity index (χ2v) is 6.21. The van der Waals surface area contributed by atoms with E-state index in [9.17, 15) is 4.79 Å². The molecule has 0 aliphatic carbocycles. The number of benzene rings is 2. The van der Waals surface area contributed by atoms with Gasteiger partial charge in [0.1, 0.15) is 0 Å². The summed E-state index contributed by atoms with van der Waals surface area (Å²) in [6, 6.07) is 16.0. The zero-order valence-corrected chi connectivity index (χ0v) is 14.1. The van der Waals surface area contributed by atoms with Crippen molar-refractivity contribution in [3.63, 3.8) is 0 Å². The molecule has 0 aliphatic rings. The molecule has 2 N–H and O–H groups in total. The van der Waals surface area contributed by atoms with Gasteiger partial charge in [0.05, 0.1) is 22.9 Å². The molecule has 0 unspecified atom stereocenters. The fourth-order valence-electron chi connectivity index (χ4n) is 3.30. The van der Waals surface area contributed by atoms with Crippen LogP contribution in [0, 0.1) is 6.92 Å². The molecule has 0 bridgehead atoms. The van der Waals surface area contributed by atoms with Gasteiger partial charge in [0, 0.05) is 29.7 Å². The maximum atomic E-state index is 12.6. The standard InChI is InChI=1S/C20H20N4O/c1-14-19(15-7-2-3-8-16(15)23-14)20(25)21-11-6-12-24-13-22-17-9-4-5-10-18(17)24/h2-5,7-10,13,23H,6,11-12H2,1H3,(H,21,25). The van der Waals surface area contributed by atoms with Crippen molar-refractivity contribution in [2.45, 2.75) is 19.9 Å². The Labute approximate surface area is 145 Å². The summed E-state index contributed by atoms with van der Waals surface area (Å²) in [5.74, 6) is -0.0227. The molecule has 0 radical (unpaired) electrons. The lowest BCUT2D eigenvalue weighted by Crippen LogP contribution is -2.25. The van der Waals surface area contributed by atoms with E-state index in [0.717, 1.165) is 46.2 Å². The Morgan fingerprint density at radius 2 is 1.96 bits per heavy atom. The Morgan fingerprint density at radius 1 is 1.16 bits per heavy atom. The lowest BCUT2D eigenvalue weighted by Gasteiger charge is -2.07. The van der Waals surface area contributed by atoms with Crippen LogP contribution in [0.4, 0.5) is 0 Å². The number of nitrogens with one attached hydrogen (secondary N) is 2. The molecule has 2 heterocycles. The quantitative estimate of drug-likeness (QED) is 0.548. The Morgan fingerprint density at radius 3 is 2.88 bits per heavy atom. The normalized spacial score (nSPS) is 11.2.